The Hall–Kier alpha value is -3.36. The Balaban J connectivity index is 2.42. The van der Waals surface area contributed by atoms with Gasteiger partial charge in [0.05, 0.1) is 18.1 Å². The molecular formula is C16H17N3O6. The number of H-pyrrole nitrogens is 2. The molecule has 0 saturated heterocycles. The molecule has 9 nitrogen and oxygen atoms in total. The number of nitrogens with one attached hydrogen (secondary N) is 2. The fourth-order valence-corrected chi connectivity index (χ4v) is 2.12. The first-order chi connectivity index (χ1) is 11.8. The summed E-state index contributed by atoms with van der Waals surface area (Å²) in [5.41, 5.74) is -2.17. The summed E-state index contributed by atoms with van der Waals surface area (Å²) in [5.74, 6) is 1.05. The van der Waals surface area contributed by atoms with E-state index in [1.165, 1.54) is 19.3 Å². The zero-order valence-electron chi connectivity index (χ0n) is 13.9. The zero-order valence-corrected chi connectivity index (χ0v) is 13.9. The Morgan fingerprint density at radius 1 is 1.16 bits per heavy atom. The van der Waals surface area contributed by atoms with Crippen LogP contribution in [0.2, 0.25) is 0 Å². The molecule has 25 heavy (non-hydrogen) atoms. The third-order valence-corrected chi connectivity index (χ3v) is 3.12. The molecular weight excluding hydrogens is 330 g/mol. The molecule has 0 aliphatic carbocycles. The Bertz CT molecular complexity index is 926. The summed E-state index contributed by atoms with van der Waals surface area (Å²) in [6.45, 7) is 3.77. The second-order valence-electron chi connectivity index (χ2n) is 5.34. The summed E-state index contributed by atoms with van der Waals surface area (Å²) in [6, 6.07) is 5.09. The molecule has 0 aliphatic heterocycles. The highest BCUT2D eigenvalue weighted by Gasteiger charge is 2.18. The summed E-state index contributed by atoms with van der Waals surface area (Å²) in [5, 5.41) is 11.0. The minimum absolute atomic E-state index is 0.0286. The number of benzene rings is 1. The number of nitro groups is 1. The predicted octanol–water partition coefficient (Wildman–Crippen LogP) is 1.94. The molecule has 0 bridgehead atoms. The maximum Gasteiger partial charge on any atom is 0.357 e. The second kappa shape index (κ2) is 7.47. The minimum Gasteiger partial charge on any atom is -0.493 e. The average Bonchev–Trinajstić information content (AvgIpc) is 2.52. The molecule has 2 aromatic rings. The van der Waals surface area contributed by atoms with E-state index in [1.54, 1.807) is 18.2 Å². The van der Waals surface area contributed by atoms with Crippen LogP contribution in [0.4, 0.5) is 5.69 Å². The number of methoxy groups -OCH3 is 1. The van der Waals surface area contributed by atoms with Crippen LogP contribution in [-0.2, 0) is 0 Å². The monoisotopic (exact) mass is 347 g/mol. The number of aromatic amines is 2. The van der Waals surface area contributed by atoms with E-state index in [0.29, 0.717) is 17.1 Å². The van der Waals surface area contributed by atoms with Gasteiger partial charge in [-0.3, -0.25) is 19.9 Å². The SMILES string of the molecule is COc1cc(C=Cc2[nH]c(=O)[nH]c(=O)c2[N+](=O)[O-])ccc1OC(C)C. The summed E-state index contributed by atoms with van der Waals surface area (Å²) in [4.78, 5) is 37.1. The highest BCUT2D eigenvalue weighted by molar-refractivity contribution is 5.72. The predicted molar refractivity (Wildman–Crippen MR) is 92.0 cm³/mol. The quantitative estimate of drug-likeness (QED) is 0.607. The average molecular weight is 347 g/mol. The standard InChI is InChI=1S/C16H17N3O6/c1-9(2)25-12-7-5-10(8-13(12)24-3)4-6-11-14(19(22)23)15(20)18-16(21)17-11/h4-9H,1-3H3,(H2,17,18,20,21). The van der Waals surface area contributed by atoms with Gasteiger partial charge in [0.25, 0.3) is 0 Å². The lowest BCUT2D eigenvalue weighted by Crippen LogP contribution is -2.25. The van der Waals surface area contributed by atoms with Crippen molar-refractivity contribution in [2.45, 2.75) is 20.0 Å². The van der Waals surface area contributed by atoms with E-state index in [-0.39, 0.29) is 11.8 Å². The lowest BCUT2D eigenvalue weighted by Gasteiger charge is -2.13. The van der Waals surface area contributed by atoms with Gasteiger partial charge in [-0.1, -0.05) is 12.1 Å². The fraction of sp³-hybridized carbons (Fsp3) is 0.250. The van der Waals surface area contributed by atoms with Crippen LogP contribution in [0.15, 0.2) is 27.8 Å². The number of hydrogen-bond acceptors (Lipinski definition) is 6. The smallest absolute Gasteiger partial charge is 0.357 e. The first-order valence-corrected chi connectivity index (χ1v) is 7.35. The number of aromatic nitrogens is 2. The normalized spacial score (nSPS) is 11.0. The van der Waals surface area contributed by atoms with Gasteiger partial charge in [0.2, 0.25) is 0 Å². The van der Waals surface area contributed by atoms with E-state index in [9.17, 15) is 19.7 Å². The molecule has 132 valence electrons. The van der Waals surface area contributed by atoms with E-state index < -0.39 is 21.9 Å². The van der Waals surface area contributed by atoms with Crippen LogP contribution in [0.1, 0.15) is 25.1 Å². The third-order valence-electron chi connectivity index (χ3n) is 3.12. The molecule has 1 aromatic carbocycles. The van der Waals surface area contributed by atoms with E-state index in [2.05, 4.69) is 4.98 Å². The Morgan fingerprint density at radius 3 is 2.48 bits per heavy atom. The molecule has 0 saturated carbocycles. The Labute approximate surface area is 142 Å². The third kappa shape index (κ3) is 4.34. The van der Waals surface area contributed by atoms with Crippen LogP contribution in [-0.4, -0.2) is 28.1 Å². The first-order valence-electron chi connectivity index (χ1n) is 7.35. The molecule has 0 fully saturated rings. The van der Waals surface area contributed by atoms with Crippen molar-refractivity contribution >= 4 is 17.8 Å². The van der Waals surface area contributed by atoms with Crippen LogP contribution < -0.4 is 20.7 Å². The van der Waals surface area contributed by atoms with Gasteiger partial charge in [0, 0.05) is 0 Å². The molecule has 0 aliphatic rings. The van der Waals surface area contributed by atoms with Gasteiger partial charge in [-0.2, -0.15) is 0 Å². The number of ether oxygens (including phenoxy) is 2. The van der Waals surface area contributed by atoms with Crippen molar-refractivity contribution in [2.75, 3.05) is 7.11 Å². The van der Waals surface area contributed by atoms with Crippen molar-refractivity contribution in [2.24, 2.45) is 0 Å². The lowest BCUT2D eigenvalue weighted by atomic mass is 10.1. The molecule has 2 N–H and O–H groups in total. The molecule has 0 amide bonds. The van der Waals surface area contributed by atoms with Crippen LogP contribution >= 0.6 is 0 Å². The van der Waals surface area contributed by atoms with Gasteiger partial charge in [-0.05, 0) is 37.6 Å². The highest BCUT2D eigenvalue weighted by Crippen LogP contribution is 2.29. The Morgan fingerprint density at radius 2 is 1.88 bits per heavy atom. The number of hydrogen-bond donors (Lipinski definition) is 2. The fourth-order valence-electron chi connectivity index (χ4n) is 2.12. The van der Waals surface area contributed by atoms with Crippen LogP contribution in [0, 0.1) is 10.1 Å². The number of nitrogens with zero attached hydrogens (tertiary/aromatic N) is 1. The number of rotatable bonds is 6. The van der Waals surface area contributed by atoms with E-state index in [4.69, 9.17) is 9.47 Å². The van der Waals surface area contributed by atoms with Crippen LogP contribution in [0.3, 0.4) is 0 Å². The summed E-state index contributed by atoms with van der Waals surface area (Å²) in [7, 11) is 1.50. The van der Waals surface area contributed by atoms with E-state index >= 15 is 0 Å². The van der Waals surface area contributed by atoms with Gasteiger partial charge in [-0.25, -0.2) is 4.79 Å². The molecule has 0 spiro atoms. The van der Waals surface area contributed by atoms with Gasteiger partial charge >= 0.3 is 16.9 Å². The molecule has 0 radical (unpaired) electrons. The molecule has 1 heterocycles. The van der Waals surface area contributed by atoms with Crippen LogP contribution in [0.25, 0.3) is 12.2 Å². The van der Waals surface area contributed by atoms with Crippen molar-refractivity contribution in [3.05, 3.63) is 60.4 Å². The highest BCUT2D eigenvalue weighted by atomic mass is 16.6. The summed E-state index contributed by atoms with van der Waals surface area (Å²) < 4.78 is 10.9. The van der Waals surface area contributed by atoms with Crippen LogP contribution in [0.5, 0.6) is 11.5 Å². The van der Waals surface area contributed by atoms with Gasteiger partial charge in [0.15, 0.2) is 11.5 Å². The van der Waals surface area contributed by atoms with Crippen molar-refractivity contribution in [3.8, 4) is 11.5 Å². The minimum atomic E-state index is -1.06. The molecule has 0 atom stereocenters. The molecule has 9 heteroatoms. The van der Waals surface area contributed by atoms with Crippen molar-refractivity contribution in [1.29, 1.82) is 0 Å². The molecule has 0 unspecified atom stereocenters. The Kier molecular flexibility index (Phi) is 5.38. The van der Waals surface area contributed by atoms with Crippen molar-refractivity contribution in [1.82, 2.24) is 9.97 Å². The van der Waals surface area contributed by atoms with Gasteiger partial charge < -0.3 is 14.5 Å². The largest absolute Gasteiger partial charge is 0.493 e. The maximum atomic E-state index is 11.6. The first kappa shape index (κ1) is 18.0. The molecule has 1 aromatic heterocycles. The van der Waals surface area contributed by atoms with Crippen molar-refractivity contribution in [3.63, 3.8) is 0 Å². The van der Waals surface area contributed by atoms with Gasteiger partial charge in [0.1, 0.15) is 5.69 Å². The van der Waals surface area contributed by atoms with Crippen molar-refractivity contribution < 1.29 is 14.4 Å². The zero-order chi connectivity index (χ0) is 18.6. The van der Waals surface area contributed by atoms with Gasteiger partial charge in [-0.15, -0.1) is 0 Å². The molecule has 2 rings (SSSR count). The summed E-state index contributed by atoms with van der Waals surface area (Å²) in [6.07, 6.45) is 2.77. The second-order valence-corrected chi connectivity index (χ2v) is 5.34. The maximum absolute atomic E-state index is 11.6. The lowest BCUT2D eigenvalue weighted by molar-refractivity contribution is -0.386. The van der Waals surface area contributed by atoms with E-state index in [1.807, 2.05) is 18.8 Å². The summed E-state index contributed by atoms with van der Waals surface area (Å²) >= 11 is 0. The topological polar surface area (TPSA) is 127 Å². The van der Waals surface area contributed by atoms with E-state index in [0.717, 1.165) is 0 Å².